The maximum absolute atomic E-state index is 6.06. The van der Waals surface area contributed by atoms with Gasteiger partial charge in [0, 0.05) is 29.6 Å². The monoisotopic (exact) mass is 465 g/mol. The van der Waals surface area contributed by atoms with Crippen molar-refractivity contribution in [2.45, 2.75) is 40.8 Å². The largest absolute Gasteiger partial charge is 0.488 e. The molecule has 4 aromatic rings. The lowest BCUT2D eigenvalue weighted by Gasteiger charge is -2.18. The van der Waals surface area contributed by atoms with E-state index in [1.807, 2.05) is 60.3 Å². The summed E-state index contributed by atoms with van der Waals surface area (Å²) in [7, 11) is 0. The Labute approximate surface area is 184 Å². The van der Waals surface area contributed by atoms with E-state index in [2.05, 4.69) is 57.0 Å². The van der Waals surface area contributed by atoms with Crippen LogP contribution in [0.25, 0.3) is 22.4 Å². The zero-order chi connectivity index (χ0) is 21.3. The number of ether oxygens (including phenoxy) is 1. The molecule has 2 aromatic carbocycles. The molecular weight excluding hydrogens is 442 g/mol. The van der Waals surface area contributed by atoms with Crippen LogP contribution in [0.5, 0.6) is 5.75 Å². The number of fused-ring (bicyclic) bond motifs is 1. The van der Waals surface area contributed by atoms with E-state index < -0.39 is 0 Å². The van der Waals surface area contributed by atoms with Crippen molar-refractivity contribution in [3.05, 3.63) is 64.4 Å². The zero-order valence-corrected chi connectivity index (χ0v) is 19.1. The summed E-state index contributed by atoms with van der Waals surface area (Å²) in [4.78, 5) is 9.14. The highest BCUT2D eigenvalue weighted by molar-refractivity contribution is 9.10. The third kappa shape index (κ3) is 4.36. The predicted molar refractivity (Wildman–Crippen MR) is 121 cm³/mol. The molecule has 0 aliphatic carbocycles. The van der Waals surface area contributed by atoms with E-state index in [-0.39, 0.29) is 5.41 Å². The molecule has 0 aliphatic heterocycles. The summed E-state index contributed by atoms with van der Waals surface area (Å²) in [6.45, 7) is 9.69. The first-order valence-electron chi connectivity index (χ1n) is 9.84. The third-order valence-corrected chi connectivity index (χ3v) is 5.48. The van der Waals surface area contributed by atoms with Crippen molar-refractivity contribution in [1.29, 1.82) is 0 Å². The molecule has 6 nitrogen and oxygen atoms in total. The topological polar surface area (TPSA) is 65.7 Å². The van der Waals surface area contributed by atoms with E-state index in [9.17, 15) is 0 Å². The standard InChI is InChI=1S/C23H24BrN5O/c1-15-17(12-25-22(26-15)16-8-6-5-7-9-16)13-30-19-11-10-18-21(20(19)24)27-28-29(18)14-23(2,3)4/h5-12H,13-14H2,1-4H3. The number of aryl methyl sites for hydroxylation is 1. The Hall–Kier alpha value is -2.80. The van der Waals surface area contributed by atoms with Gasteiger partial charge in [0.2, 0.25) is 0 Å². The van der Waals surface area contributed by atoms with Crippen molar-refractivity contribution in [2.24, 2.45) is 5.41 Å². The smallest absolute Gasteiger partial charge is 0.159 e. The van der Waals surface area contributed by atoms with Crippen LogP contribution in [0.15, 0.2) is 53.1 Å². The fourth-order valence-corrected chi connectivity index (χ4v) is 3.71. The molecule has 7 heteroatoms. The molecule has 0 radical (unpaired) electrons. The van der Waals surface area contributed by atoms with Gasteiger partial charge in [-0.15, -0.1) is 5.10 Å². The maximum atomic E-state index is 6.06. The first-order valence-corrected chi connectivity index (χ1v) is 10.6. The van der Waals surface area contributed by atoms with Crippen LogP contribution in [0.1, 0.15) is 32.0 Å². The number of rotatable bonds is 5. The number of benzene rings is 2. The van der Waals surface area contributed by atoms with Gasteiger partial charge in [0.05, 0.1) is 9.99 Å². The summed E-state index contributed by atoms with van der Waals surface area (Å²) >= 11 is 3.64. The van der Waals surface area contributed by atoms with Crippen molar-refractivity contribution in [2.75, 3.05) is 0 Å². The minimum Gasteiger partial charge on any atom is -0.488 e. The average Bonchev–Trinajstić information content (AvgIpc) is 3.11. The molecule has 0 saturated heterocycles. The molecule has 154 valence electrons. The molecule has 0 spiro atoms. The van der Waals surface area contributed by atoms with Gasteiger partial charge >= 0.3 is 0 Å². The van der Waals surface area contributed by atoms with Crippen molar-refractivity contribution in [1.82, 2.24) is 25.0 Å². The molecule has 0 saturated carbocycles. The maximum Gasteiger partial charge on any atom is 0.159 e. The molecule has 0 bridgehead atoms. The SMILES string of the molecule is Cc1nc(-c2ccccc2)ncc1COc1ccc2c(nnn2CC(C)(C)C)c1Br. The second kappa shape index (κ2) is 8.14. The van der Waals surface area contributed by atoms with Crippen molar-refractivity contribution in [3.63, 3.8) is 0 Å². The first-order chi connectivity index (χ1) is 14.3. The van der Waals surface area contributed by atoms with E-state index in [0.29, 0.717) is 6.61 Å². The van der Waals surface area contributed by atoms with Crippen LogP contribution in [0.2, 0.25) is 0 Å². The summed E-state index contributed by atoms with van der Waals surface area (Å²) in [6.07, 6.45) is 1.83. The van der Waals surface area contributed by atoms with Gasteiger partial charge in [0.1, 0.15) is 17.9 Å². The summed E-state index contributed by atoms with van der Waals surface area (Å²) in [6, 6.07) is 13.9. The summed E-state index contributed by atoms with van der Waals surface area (Å²) in [5, 5.41) is 8.66. The Balaban J connectivity index is 1.53. The van der Waals surface area contributed by atoms with Crippen LogP contribution in [0.4, 0.5) is 0 Å². The minimum absolute atomic E-state index is 0.117. The van der Waals surface area contributed by atoms with Crippen LogP contribution in [0.3, 0.4) is 0 Å². The van der Waals surface area contributed by atoms with Gasteiger partial charge in [-0.3, -0.25) is 0 Å². The average molecular weight is 466 g/mol. The van der Waals surface area contributed by atoms with Gasteiger partial charge in [0.15, 0.2) is 5.82 Å². The van der Waals surface area contributed by atoms with Gasteiger partial charge < -0.3 is 4.74 Å². The Morgan fingerprint density at radius 1 is 1.07 bits per heavy atom. The van der Waals surface area contributed by atoms with Gasteiger partial charge in [0.25, 0.3) is 0 Å². The number of halogens is 1. The molecule has 0 fully saturated rings. The van der Waals surface area contributed by atoms with E-state index in [1.165, 1.54) is 0 Å². The highest BCUT2D eigenvalue weighted by Gasteiger charge is 2.17. The number of nitrogens with zero attached hydrogens (tertiary/aromatic N) is 5. The lowest BCUT2D eigenvalue weighted by molar-refractivity contribution is 0.303. The van der Waals surface area contributed by atoms with Gasteiger partial charge in [-0.2, -0.15) is 0 Å². The fraction of sp³-hybridized carbons (Fsp3) is 0.304. The first kappa shape index (κ1) is 20.5. The highest BCUT2D eigenvalue weighted by Crippen LogP contribution is 2.33. The van der Waals surface area contributed by atoms with Crippen LogP contribution in [0, 0.1) is 12.3 Å². The van der Waals surface area contributed by atoms with Crippen LogP contribution in [-0.4, -0.2) is 25.0 Å². The lowest BCUT2D eigenvalue weighted by atomic mass is 9.97. The zero-order valence-electron chi connectivity index (χ0n) is 17.6. The van der Waals surface area contributed by atoms with E-state index in [1.54, 1.807) is 0 Å². The normalized spacial score (nSPS) is 11.8. The molecule has 0 amide bonds. The van der Waals surface area contributed by atoms with Crippen molar-refractivity contribution < 1.29 is 4.74 Å². The Kier molecular flexibility index (Phi) is 5.56. The molecule has 4 rings (SSSR count). The van der Waals surface area contributed by atoms with E-state index >= 15 is 0 Å². The molecule has 2 aromatic heterocycles. The molecular formula is C23H24BrN5O. The highest BCUT2D eigenvalue weighted by atomic mass is 79.9. The number of aromatic nitrogens is 5. The van der Waals surface area contributed by atoms with E-state index in [4.69, 9.17) is 4.74 Å². The molecule has 0 unspecified atom stereocenters. The second-order valence-electron chi connectivity index (χ2n) is 8.51. The van der Waals surface area contributed by atoms with Crippen molar-refractivity contribution in [3.8, 4) is 17.1 Å². The predicted octanol–water partition coefficient (Wildman–Crippen LogP) is 5.58. The Morgan fingerprint density at radius 3 is 2.53 bits per heavy atom. The fourth-order valence-electron chi connectivity index (χ4n) is 3.18. The van der Waals surface area contributed by atoms with Crippen molar-refractivity contribution >= 4 is 27.0 Å². The van der Waals surface area contributed by atoms with Gasteiger partial charge in [-0.25, -0.2) is 14.6 Å². The van der Waals surface area contributed by atoms with Gasteiger partial charge in [-0.05, 0) is 40.4 Å². The number of hydrogen-bond donors (Lipinski definition) is 0. The molecule has 0 atom stereocenters. The van der Waals surface area contributed by atoms with Crippen LogP contribution < -0.4 is 4.74 Å². The summed E-state index contributed by atoms with van der Waals surface area (Å²) in [5.74, 6) is 1.44. The molecule has 0 N–H and O–H groups in total. The summed E-state index contributed by atoms with van der Waals surface area (Å²) in [5.41, 5.74) is 4.74. The Bertz CT molecular complexity index is 1180. The quantitative estimate of drug-likeness (QED) is 0.384. The molecule has 2 heterocycles. The Morgan fingerprint density at radius 2 is 1.83 bits per heavy atom. The number of hydrogen-bond acceptors (Lipinski definition) is 5. The summed E-state index contributed by atoms with van der Waals surface area (Å²) < 4.78 is 8.80. The minimum atomic E-state index is 0.117. The second-order valence-corrected chi connectivity index (χ2v) is 9.31. The molecule has 30 heavy (non-hydrogen) atoms. The molecule has 0 aliphatic rings. The van der Waals surface area contributed by atoms with Crippen LogP contribution >= 0.6 is 15.9 Å². The third-order valence-electron chi connectivity index (χ3n) is 4.71. The van der Waals surface area contributed by atoms with Crippen LogP contribution in [-0.2, 0) is 13.2 Å². The van der Waals surface area contributed by atoms with E-state index in [0.717, 1.165) is 50.4 Å². The lowest BCUT2D eigenvalue weighted by Crippen LogP contribution is -2.16. The van der Waals surface area contributed by atoms with Gasteiger partial charge in [-0.1, -0.05) is 56.3 Å².